The summed E-state index contributed by atoms with van der Waals surface area (Å²) in [6.45, 7) is 3.76. The molecule has 0 aromatic rings. The van der Waals surface area contributed by atoms with E-state index in [2.05, 4.69) is 0 Å². The summed E-state index contributed by atoms with van der Waals surface area (Å²) in [5.41, 5.74) is 6.00. The molecule has 1 saturated carbocycles. The van der Waals surface area contributed by atoms with Gasteiger partial charge in [-0.2, -0.15) is 0 Å². The molecule has 4 nitrogen and oxygen atoms in total. The van der Waals surface area contributed by atoms with Crippen molar-refractivity contribution in [2.75, 3.05) is 19.6 Å². The Bertz CT molecular complexity index is 362. The summed E-state index contributed by atoms with van der Waals surface area (Å²) >= 11 is 12.4. The molecule has 6 heteroatoms. The monoisotopic (exact) mass is 336 g/mol. The quantitative estimate of drug-likeness (QED) is 0.772. The predicted molar refractivity (Wildman–Crippen MR) is 85.5 cm³/mol. The van der Waals surface area contributed by atoms with Crippen LogP contribution < -0.4 is 5.73 Å². The van der Waals surface area contributed by atoms with Gasteiger partial charge in [0.05, 0.1) is 16.9 Å². The van der Waals surface area contributed by atoms with Gasteiger partial charge in [0, 0.05) is 20.0 Å². The van der Waals surface area contributed by atoms with Gasteiger partial charge in [-0.15, -0.1) is 23.2 Å². The van der Waals surface area contributed by atoms with Gasteiger partial charge in [0.1, 0.15) is 0 Å². The van der Waals surface area contributed by atoms with Gasteiger partial charge >= 0.3 is 0 Å². The Hall–Kier alpha value is -0.0300. The molecule has 21 heavy (non-hydrogen) atoms. The normalized spacial score (nSPS) is 36.5. The Morgan fingerprint density at radius 2 is 1.86 bits per heavy atom. The number of aliphatic hydroxyl groups excluding tert-OH is 1. The molecule has 3 N–H and O–H groups in total. The maximum Gasteiger partial charge on any atom is 0.219 e. The molecule has 0 bridgehead atoms. The Kier molecular flexibility index (Phi) is 6.18. The summed E-state index contributed by atoms with van der Waals surface area (Å²) in [5.74, 6) is 0.989. The first-order valence-corrected chi connectivity index (χ1v) is 8.73. The van der Waals surface area contributed by atoms with Gasteiger partial charge in [0.25, 0.3) is 0 Å². The molecule has 1 aliphatic carbocycles. The SMILES string of the molecule is CC(=O)N1CCC(C(CN)C2CC(Cl)C(Cl)CC2O)CC1. The van der Waals surface area contributed by atoms with E-state index < -0.39 is 6.10 Å². The van der Waals surface area contributed by atoms with Crippen molar-refractivity contribution in [3.05, 3.63) is 0 Å². The van der Waals surface area contributed by atoms with Gasteiger partial charge in [-0.3, -0.25) is 4.79 Å². The lowest BCUT2D eigenvalue weighted by Crippen LogP contribution is -2.47. The van der Waals surface area contributed by atoms with E-state index in [4.69, 9.17) is 28.9 Å². The topological polar surface area (TPSA) is 66.6 Å². The Labute approximate surface area is 136 Å². The number of aliphatic hydroxyl groups is 1. The lowest BCUT2D eigenvalue weighted by molar-refractivity contribution is -0.130. The first kappa shape index (κ1) is 17.3. The molecular weight excluding hydrogens is 311 g/mol. The van der Waals surface area contributed by atoms with Crippen LogP contribution in [0.15, 0.2) is 0 Å². The molecule has 0 spiro atoms. The molecule has 1 heterocycles. The zero-order valence-corrected chi connectivity index (χ0v) is 14.1. The van der Waals surface area contributed by atoms with Crippen molar-refractivity contribution in [1.29, 1.82) is 0 Å². The number of nitrogens with zero attached hydrogens (tertiary/aromatic N) is 1. The van der Waals surface area contributed by atoms with Crippen molar-refractivity contribution in [2.24, 2.45) is 23.5 Å². The first-order chi connectivity index (χ1) is 9.93. The van der Waals surface area contributed by atoms with Crippen molar-refractivity contribution in [1.82, 2.24) is 4.90 Å². The number of nitrogens with two attached hydrogens (primary N) is 1. The van der Waals surface area contributed by atoms with Crippen LogP contribution in [0.4, 0.5) is 0 Å². The predicted octanol–water partition coefficient (Wildman–Crippen LogP) is 1.81. The number of alkyl halides is 2. The largest absolute Gasteiger partial charge is 0.393 e. The minimum Gasteiger partial charge on any atom is -0.393 e. The second-order valence-electron chi connectivity index (χ2n) is 6.48. The maximum atomic E-state index is 11.4. The highest BCUT2D eigenvalue weighted by molar-refractivity contribution is 6.30. The number of hydrogen-bond donors (Lipinski definition) is 2. The summed E-state index contributed by atoms with van der Waals surface area (Å²) in [5, 5.41) is 10.1. The van der Waals surface area contributed by atoms with Crippen molar-refractivity contribution < 1.29 is 9.90 Å². The van der Waals surface area contributed by atoms with Crippen LogP contribution in [0.2, 0.25) is 0 Å². The number of halogens is 2. The summed E-state index contributed by atoms with van der Waals surface area (Å²) in [7, 11) is 0. The van der Waals surface area contributed by atoms with E-state index >= 15 is 0 Å². The molecule has 0 aromatic carbocycles. The maximum absolute atomic E-state index is 11.4. The highest BCUT2D eigenvalue weighted by Crippen LogP contribution is 2.40. The highest BCUT2D eigenvalue weighted by atomic mass is 35.5. The molecular formula is C15H26Cl2N2O2. The van der Waals surface area contributed by atoms with Crippen LogP contribution in [0.1, 0.15) is 32.6 Å². The molecule has 122 valence electrons. The molecule has 0 radical (unpaired) electrons. The zero-order valence-electron chi connectivity index (χ0n) is 12.5. The Morgan fingerprint density at radius 1 is 1.29 bits per heavy atom. The second kappa shape index (κ2) is 7.49. The van der Waals surface area contributed by atoms with Crippen molar-refractivity contribution >= 4 is 29.1 Å². The lowest BCUT2D eigenvalue weighted by Gasteiger charge is -2.43. The lowest BCUT2D eigenvalue weighted by atomic mass is 9.70. The molecule has 2 aliphatic rings. The molecule has 1 saturated heterocycles. The fourth-order valence-electron chi connectivity index (χ4n) is 3.94. The number of rotatable bonds is 3. The summed E-state index contributed by atoms with van der Waals surface area (Å²) in [4.78, 5) is 13.3. The standard InChI is InChI=1S/C15H26Cl2N2O2/c1-9(20)19-4-2-10(3-5-19)12(8-18)11-6-13(16)14(17)7-15(11)21/h10-15,21H,2-8,18H2,1H3. The van der Waals surface area contributed by atoms with Crippen LogP contribution in [0.25, 0.3) is 0 Å². The average Bonchev–Trinajstić information content (AvgIpc) is 2.45. The number of amides is 1. The molecule has 2 fully saturated rings. The van der Waals surface area contributed by atoms with Gasteiger partial charge in [-0.25, -0.2) is 0 Å². The Morgan fingerprint density at radius 3 is 2.38 bits per heavy atom. The fourth-order valence-corrected chi connectivity index (χ4v) is 4.53. The second-order valence-corrected chi connectivity index (χ2v) is 7.60. The number of carbonyl (C=O) groups is 1. The van der Waals surface area contributed by atoms with Crippen LogP contribution in [-0.2, 0) is 4.79 Å². The molecule has 1 amide bonds. The zero-order chi connectivity index (χ0) is 15.6. The number of carbonyl (C=O) groups excluding carboxylic acids is 1. The van der Waals surface area contributed by atoms with Crippen molar-refractivity contribution in [3.63, 3.8) is 0 Å². The van der Waals surface area contributed by atoms with Crippen LogP contribution in [0, 0.1) is 17.8 Å². The summed E-state index contributed by atoms with van der Waals surface area (Å²) < 4.78 is 0. The third-order valence-corrected chi connectivity index (χ3v) is 6.36. The van der Waals surface area contributed by atoms with Gasteiger partial charge in [-0.1, -0.05) is 0 Å². The molecule has 1 aliphatic heterocycles. The van der Waals surface area contributed by atoms with Crippen molar-refractivity contribution in [2.45, 2.75) is 49.5 Å². The van der Waals surface area contributed by atoms with E-state index in [1.54, 1.807) is 6.92 Å². The smallest absolute Gasteiger partial charge is 0.219 e. The van der Waals surface area contributed by atoms with E-state index in [0.29, 0.717) is 18.9 Å². The number of piperidine rings is 1. The van der Waals surface area contributed by atoms with Gasteiger partial charge < -0.3 is 15.7 Å². The highest BCUT2D eigenvalue weighted by Gasteiger charge is 2.41. The molecule has 2 rings (SSSR count). The van der Waals surface area contributed by atoms with Crippen LogP contribution in [0.5, 0.6) is 0 Å². The number of likely N-dealkylation sites (tertiary alicyclic amines) is 1. The molecule has 5 atom stereocenters. The third-order valence-electron chi connectivity index (χ3n) is 5.26. The minimum atomic E-state index is -0.415. The summed E-state index contributed by atoms with van der Waals surface area (Å²) in [6, 6.07) is 0. The first-order valence-electron chi connectivity index (χ1n) is 7.85. The minimum absolute atomic E-state index is 0.0913. The van der Waals surface area contributed by atoms with Gasteiger partial charge in [0.2, 0.25) is 5.91 Å². The van der Waals surface area contributed by atoms with E-state index in [0.717, 1.165) is 32.4 Å². The van der Waals surface area contributed by atoms with E-state index in [-0.39, 0.29) is 28.5 Å². The summed E-state index contributed by atoms with van der Waals surface area (Å²) in [6.07, 6.45) is 2.78. The average molecular weight is 337 g/mol. The Balaban J connectivity index is 1.98. The van der Waals surface area contributed by atoms with Gasteiger partial charge in [0.15, 0.2) is 0 Å². The molecule has 5 unspecified atom stereocenters. The molecule has 0 aromatic heterocycles. The van der Waals surface area contributed by atoms with E-state index in [1.165, 1.54) is 0 Å². The van der Waals surface area contributed by atoms with Crippen LogP contribution >= 0.6 is 23.2 Å². The fraction of sp³-hybridized carbons (Fsp3) is 0.933. The van der Waals surface area contributed by atoms with Crippen LogP contribution in [-0.4, -0.2) is 52.4 Å². The third kappa shape index (κ3) is 4.04. The van der Waals surface area contributed by atoms with E-state index in [1.807, 2.05) is 4.90 Å². The van der Waals surface area contributed by atoms with Gasteiger partial charge in [-0.05, 0) is 50.0 Å². The van der Waals surface area contributed by atoms with Crippen LogP contribution in [0.3, 0.4) is 0 Å². The number of hydrogen-bond acceptors (Lipinski definition) is 3. The van der Waals surface area contributed by atoms with Crippen molar-refractivity contribution in [3.8, 4) is 0 Å². The van der Waals surface area contributed by atoms with E-state index in [9.17, 15) is 9.90 Å².